The van der Waals surface area contributed by atoms with E-state index in [0.717, 1.165) is 27.8 Å². The van der Waals surface area contributed by atoms with Crippen LogP contribution >= 0.6 is 0 Å². The van der Waals surface area contributed by atoms with E-state index >= 15 is 0 Å². The third-order valence-corrected chi connectivity index (χ3v) is 4.20. The van der Waals surface area contributed by atoms with Gasteiger partial charge >= 0.3 is 0 Å². The Bertz CT molecular complexity index is 1260. The second-order valence-corrected chi connectivity index (χ2v) is 6.20. The average molecular weight is 379 g/mol. The third-order valence-electron chi connectivity index (χ3n) is 4.20. The largest absolute Gasteiger partial charge is 0.384 e. The average Bonchev–Trinajstić information content (AvgIpc) is 3.21. The van der Waals surface area contributed by atoms with Crippen molar-refractivity contribution in [2.24, 2.45) is 16.1 Å². The highest BCUT2D eigenvalue weighted by Crippen LogP contribution is 2.17. The van der Waals surface area contributed by atoms with Crippen molar-refractivity contribution in [2.75, 3.05) is 5.43 Å². The highest BCUT2D eigenvalue weighted by Gasteiger charge is 1.99. The molecule has 4 aromatic rings. The van der Waals surface area contributed by atoms with E-state index in [4.69, 9.17) is 11.1 Å². The van der Waals surface area contributed by atoms with Gasteiger partial charge in [-0.1, -0.05) is 29.2 Å². The van der Waals surface area contributed by atoms with Gasteiger partial charge in [0.05, 0.1) is 28.7 Å². The smallest absolute Gasteiger partial charge is 0.122 e. The summed E-state index contributed by atoms with van der Waals surface area (Å²) in [5, 5.41) is 15.6. The number of fused-ring (bicyclic) bond motifs is 1. The Labute approximate surface area is 167 Å². The van der Waals surface area contributed by atoms with E-state index in [1.54, 1.807) is 30.6 Å². The monoisotopic (exact) mass is 379 g/mol. The number of H-pyrrole nitrogens is 1. The fourth-order valence-corrected chi connectivity index (χ4v) is 2.69. The van der Waals surface area contributed by atoms with Crippen LogP contribution in [0.1, 0.15) is 16.7 Å². The molecule has 7 nitrogen and oxygen atoms in total. The first-order chi connectivity index (χ1) is 14.2. The van der Waals surface area contributed by atoms with Crippen molar-refractivity contribution in [1.82, 2.24) is 9.97 Å². The number of nitrogens with one attached hydrogen (secondary N) is 3. The Morgan fingerprint density at radius 3 is 2.69 bits per heavy atom. The van der Waals surface area contributed by atoms with E-state index < -0.39 is 0 Å². The Hall–Kier alpha value is -4.44. The van der Waals surface area contributed by atoms with E-state index in [1.807, 2.05) is 42.5 Å². The molecule has 5 N–H and O–H groups in total. The molecule has 0 bridgehead atoms. The molecule has 0 fully saturated rings. The zero-order valence-electron chi connectivity index (χ0n) is 15.3. The summed E-state index contributed by atoms with van der Waals surface area (Å²) in [6.07, 6.45) is 1.67. The summed E-state index contributed by atoms with van der Waals surface area (Å²) < 4.78 is 0. The maximum absolute atomic E-state index is 7.41. The van der Waals surface area contributed by atoms with Gasteiger partial charge in [-0.25, -0.2) is 4.98 Å². The molecule has 0 spiro atoms. The Morgan fingerprint density at radius 2 is 1.86 bits per heavy atom. The van der Waals surface area contributed by atoms with Gasteiger partial charge in [0.2, 0.25) is 0 Å². The number of nitrogens with zero attached hydrogens (tertiary/aromatic N) is 3. The molecule has 3 aromatic carbocycles. The number of amidine groups is 1. The molecule has 0 radical (unpaired) electrons. The topological polar surface area (TPSA) is 115 Å². The normalized spacial score (nSPS) is 10.6. The van der Waals surface area contributed by atoms with Crippen molar-refractivity contribution < 1.29 is 0 Å². The molecule has 0 aliphatic carbocycles. The number of nitrogen functional groups attached to an aromatic ring is 1. The van der Waals surface area contributed by atoms with Crippen molar-refractivity contribution >= 4 is 28.2 Å². The summed E-state index contributed by atoms with van der Waals surface area (Å²) in [5.74, 6) is 6.35. The molecule has 7 heteroatoms. The van der Waals surface area contributed by atoms with Crippen molar-refractivity contribution in [3.05, 3.63) is 89.7 Å². The van der Waals surface area contributed by atoms with E-state index in [9.17, 15) is 0 Å². The zero-order chi connectivity index (χ0) is 20.1. The van der Waals surface area contributed by atoms with Crippen LogP contribution < -0.4 is 11.2 Å². The molecular formula is C22H17N7. The van der Waals surface area contributed by atoms with Crippen LogP contribution in [0.25, 0.3) is 11.0 Å². The Morgan fingerprint density at radius 1 is 1.03 bits per heavy atom. The summed E-state index contributed by atoms with van der Waals surface area (Å²) in [6, 6.07) is 20.4. The van der Waals surface area contributed by atoms with Crippen molar-refractivity contribution in [2.45, 2.75) is 0 Å². The first kappa shape index (κ1) is 17.9. The summed E-state index contributed by atoms with van der Waals surface area (Å²) in [7, 11) is 0. The van der Waals surface area contributed by atoms with E-state index in [1.165, 1.54) is 0 Å². The number of rotatable bonds is 4. The van der Waals surface area contributed by atoms with Crippen LogP contribution in [0.15, 0.2) is 83.4 Å². The van der Waals surface area contributed by atoms with Gasteiger partial charge in [-0.05, 0) is 54.6 Å². The molecule has 29 heavy (non-hydrogen) atoms. The number of hydrogen-bond donors (Lipinski definition) is 4. The SMILES string of the molecule is N=C(N)c1ccc(/N=N/Nc2ccccc2C#Cc2ccc3nc[nH]c3c2)cc1. The zero-order valence-corrected chi connectivity index (χ0v) is 15.3. The molecule has 0 atom stereocenters. The van der Waals surface area contributed by atoms with Crippen LogP contribution in [-0.2, 0) is 0 Å². The maximum Gasteiger partial charge on any atom is 0.122 e. The number of aromatic nitrogens is 2. The first-order valence-electron chi connectivity index (χ1n) is 8.84. The molecule has 0 aliphatic heterocycles. The van der Waals surface area contributed by atoms with Crippen LogP contribution in [0.2, 0.25) is 0 Å². The van der Waals surface area contributed by atoms with Crippen molar-refractivity contribution in [3.8, 4) is 11.8 Å². The number of aromatic amines is 1. The standard InChI is InChI=1S/C22H17N7/c23-22(24)17-8-10-18(11-9-17)27-29-28-19-4-2-1-3-16(19)7-5-15-6-12-20-21(13-15)26-14-25-20/h1-4,6,8-14H,(H3,23,24)(H,25,26)(H,27,28). The number of nitrogens with two attached hydrogens (primary N) is 1. The molecule has 0 unspecified atom stereocenters. The van der Waals surface area contributed by atoms with Crippen LogP contribution in [0.3, 0.4) is 0 Å². The van der Waals surface area contributed by atoms with Gasteiger partial charge < -0.3 is 10.7 Å². The maximum atomic E-state index is 7.41. The predicted octanol–water partition coefficient (Wildman–Crippen LogP) is 4.36. The Kier molecular flexibility index (Phi) is 4.99. The summed E-state index contributed by atoms with van der Waals surface area (Å²) in [5.41, 5.74) is 14.0. The van der Waals surface area contributed by atoms with Gasteiger partial charge in [0.1, 0.15) is 5.84 Å². The fourth-order valence-electron chi connectivity index (χ4n) is 2.69. The summed E-state index contributed by atoms with van der Waals surface area (Å²) in [4.78, 5) is 7.30. The number of anilines is 1. The second kappa shape index (κ2) is 8.06. The van der Waals surface area contributed by atoms with E-state index in [0.29, 0.717) is 11.3 Å². The molecular weight excluding hydrogens is 362 g/mol. The summed E-state index contributed by atoms with van der Waals surface area (Å²) >= 11 is 0. The molecule has 0 aliphatic rings. The van der Waals surface area contributed by atoms with Crippen LogP contribution in [0.4, 0.5) is 11.4 Å². The lowest BCUT2D eigenvalue weighted by Gasteiger charge is -2.02. The summed E-state index contributed by atoms with van der Waals surface area (Å²) in [6.45, 7) is 0. The minimum atomic E-state index is 0.0193. The van der Waals surface area contributed by atoms with Crippen molar-refractivity contribution in [3.63, 3.8) is 0 Å². The third kappa shape index (κ3) is 4.28. The molecule has 4 rings (SSSR count). The minimum absolute atomic E-state index is 0.0193. The second-order valence-electron chi connectivity index (χ2n) is 6.20. The highest BCUT2D eigenvalue weighted by atomic mass is 15.4. The van der Waals surface area contributed by atoms with Gasteiger partial charge in [-0.15, -0.1) is 5.11 Å². The Balaban J connectivity index is 1.50. The number of para-hydroxylation sites is 1. The van der Waals surface area contributed by atoms with Crippen LogP contribution in [-0.4, -0.2) is 15.8 Å². The number of imidazole rings is 1. The highest BCUT2D eigenvalue weighted by molar-refractivity contribution is 5.95. The molecule has 0 saturated heterocycles. The molecule has 1 aromatic heterocycles. The molecule has 1 heterocycles. The lowest BCUT2D eigenvalue weighted by Crippen LogP contribution is -2.10. The van der Waals surface area contributed by atoms with Gasteiger partial charge in [-0.3, -0.25) is 10.8 Å². The quantitative estimate of drug-likeness (QED) is 0.139. The number of benzene rings is 3. The van der Waals surface area contributed by atoms with Gasteiger partial charge in [-0.2, -0.15) is 0 Å². The van der Waals surface area contributed by atoms with Crippen molar-refractivity contribution in [1.29, 1.82) is 5.41 Å². The van der Waals surface area contributed by atoms with E-state index in [2.05, 4.69) is 37.6 Å². The van der Waals surface area contributed by atoms with E-state index in [-0.39, 0.29) is 5.84 Å². The lowest BCUT2D eigenvalue weighted by molar-refractivity contribution is 1.13. The fraction of sp³-hybridized carbons (Fsp3) is 0. The van der Waals surface area contributed by atoms with Gasteiger partial charge in [0.15, 0.2) is 0 Å². The lowest BCUT2D eigenvalue weighted by atomic mass is 10.1. The van der Waals surface area contributed by atoms with Gasteiger partial charge in [0, 0.05) is 16.7 Å². The first-order valence-corrected chi connectivity index (χ1v) is 8.84. The molecule has 0 amide bonds. The van der Waals surface area contributed by atoms with Gasteiger partial charge in [0.25, 0.3) is 0 Å². The number of hydrogen-bond acceptors (Lipinski definition) is 4. The molecule has 0 saturated carbocycles. The predicted molar refractivity (Wildman–Crippen MR) is 114 cm³/mol. The minimum Gasteiger partial charge on any atom is -0.384 e. The van der Waals surface area contributed by atoms with Crippen LogP contribution in [0, 0.1) is 17.3 Å². The molecule has 140 valence electrons. The van der Waals surface area contributed by atoms with Crippen LogP contribution in [0.5, 0.6) is 0 Å².